The van der Waals surface area contributed by atoms with E-state index in [-0.39, 0.29) is 17.3 Å². The second-order valence-electron chi connectivity index (χ2n) is 4.62. The first-order chi connectivity index (χ1) is 10.5. The van der Waals surface area contributed by atoms with Crippen LogP contribution in [0.4, 0.5) is 5.69 Å². The van der Waals surface area contributed by atoms with Crippen molar-refractivity contribution in [3.8, 4) is 11.5 Å². The summed E-state index contributed by atoms with van der Waals surface area (Å²) in [7, 11) is -4.00. The van der Waals surface area contributed by atoms with Crippen LogP contribution in [0, 0.1) is 0 Å². The number of para-hydroxylation sites is 1. The van der Waals surface area contributed by atoms with Gasteiger partial charge in [-0.15, -0.1) is 0 Å². The third-order valence-electron chi connectivity index (χ3n) is 2.93. The third-order valence-corrected chi connectivity index (χ3v) is 3.85. The summed E-state index contributed by atoms with van der Waals surface area (Å²) in [6.45, 7) is 2.13. The first-order valence-electron chi connectivity index (χ1n) is 6.73. The zero-order chi connectivity index (χ0) is 16.2. The molecule has 7 heteroatoms. The van der Waals surface area contributed by atoms with Crippen molar-refractivity contribution in [1.82, 2.24) is 0 Å². The molecule has 2 aromatic carbocycles. The topological polar surface area (TPSA) is 102 Å². The number of nitrogens with one attached hydrogen (secondary N) is 1. The van der Waals surface area contributed by atoms with E-state index >= 15 is 0 Å². The molecule has 118 valence electrons. The van der Waals surface area contributed by atoms with Gasteiger partial charge in [-0.3, -0.25) is 0 Å². The summed E-state index contributed by atoms with van der Waals surface area (Å²) in [5.41, 5.74) is 0.891. The van der Waals surface area contributed by atoms with Crippen LogP contribution < -0.4 is 15.2 Å². The molecule has 0 aliphatic carbocycles. The van der Waals surface area contributed by atoms with Crippen molar-refractivity contribution < 1.29 is 18.3 Å². The van der Waals surface area contributed by atoms with Gasteiger partial charge in [-0.2, -0.15) is 0 Å². The van der Waals surface area contributed by atoms with Crippen LogP contribution in [0.2, 0.25) is 0 Å². The van der Waals surface area contributed by atoms with Gasteiger partial charge in [-0.05, 0) is 36.8 Å². The zero-order valence-electron chi connectivity index (χ0n) is 12.1. The van der Waals surface area contributed by atoms with E-state index in [1.807, 2.05) is 13.0 Å². The maximum atomic E-state index is 11.9. The number of ether oxygens (including phenoxy) is 1. The number of rotatable bonds is 6. The van der Waals surface area contributed by atoms with E-state index in [1.165, 1.54) is 6.07 Å². The summed E-state index contributed by atoms with van der Waals surface area (Å²) >= 11 is 0. The summed E-state index contributed by atoms with van der Waals surface area (Å²) < 4.78 is 29.4. The van der Waals surface area contributed by atoms with Gasteiger partial charge in [0.15, 0.2) is 5.75 Å². The number of hydrogen-bond donors (Lipinski definition) is 3. The fourth-order valence-corrected chi connectivity index (χ4v) is 2.72. The molecule has 0 spiro atoms. The molecule has 0 radical (unpaired) electrons. The van der Waals surface area contributed by atoms with E-state index < -0.39 is 10.0 Å². The molecule has 0 heterocycles. The largest absolute Gasteiger partial charge is 0.454 e. The van der Waals surface area contributed by atoms with Crippen molar-refractivity contribution in [3.05, 3.63) is 48.0 Å². The number of anilines is 1. The van der Waals surface area contributed by atoms with E-state index in [1.54, 1.807) is 30.3 Å². The van der Waals surface area contributed by atoms with E-state index in [4.69, 9.17) is 9.88 Å². The highest BCUT2D eigenvalue weighted by Crippen LogP contribution is 2.37. The van der Waals surface area contributed by atoms with E-state index in [0.29, 0.717) is 23.5 Å². The van der Waals surface area contributed by atoms with Gasteiger partial charge in [0.25, 0.3) is 0 Å². The van der Waals surface area contributed by atoms with Crippen molar-refractivity contribution in [1.29, 1.82) is 0 Å². The first kappa shape index (κ1) is 16.3. The van der Waals surface area contributed by atoms with Gasteiger partial charge >= 0.3 is 0 Å². The van der Waals surface area contributed by atoms with Crippen LogP contribution in [-0.2, 0) is 16.6 Å². The summed E-state index contributed by atoms with van der Waals surface area (Å²) in [6, 6.07) is 11.8. The minimum absolute atomic E-state index is 0.118. The predicted molar refractivity (Wildman–Crippen MR) is 84.4 cm³/mol. The summed E-state index contributed by atoms with van der Waals surface area (Å²) in [4.78, 5) is -0.168. The van der Waals surface area contributed by atoms with Crippen LogP contribution in [0.3, 0.4) is 0 Å². The lowest BCUT2D eigenvalue weighted by atomic mass is 10.2. The second kappa shape index (κ2) is 6.78. The summed E-state index contributed by atoms with van der Waals surface area (Å²) in [5, 5.41) is 17.6. The molecular formula is C15H18N2O4S. The number of aliphatic hydroxyl groups excluding tert-OH is 1. The van der Waals surface area contributed by atoms with E-state index in [0.717, 1.165) is 0 Å². The van der Waals surface area contributed by atoms with Crippen LogP contribution in [0.25, 0.3) is 0 Å². The van der Waals surface area contributed by atoms with Gasteiger partial charge < -0.3 is 15.2 Å². The number of hydrogen-bond acceptors (Lipinski definition) is 5. The van der Waals surface area contributed by atoms with Crippen LogP contribution >= 0.6 is 0 Å². The molecule has 6 nitrogen and oxygen atoms in total. The SMILES string of the molecule is CCNc1cc(CO)cc(S(N)(=O)=O)c1Oc1ccccc1. The molecular weight excluding hydrogens is 304 g/mol. The Bertz CT molecular complexity index is 746. The maximum Gasteiger partial charge on any atom is 0.241 e. The average molecular weight is 322 g/mol. The number of nitrogens with two attached hydrogens (primary N) is 1. The Morgan fingerprint density at radius 1 is 1.23 bits per heavy atom. The minimum atomic E-state index is -4.00. The molecule has 2 rings (SSSR count). The molecule has 0 aromatic heterocycles. The van der Waals surface area contributed by atoms with Crippen molar-refractivity contribution >= 4 is 15.7 Å². The lowest BCUT2D eigenvalue weighted by Crippen LogP contribution is -2.15. The molecule has 2 aromatic rings. The second-order valence-corrected chi connectivity index (χ2v) is 6.15. The Morgan fingerprint density at radius 3 is 2.45 bits per heavy atom. The van der Waals surface area contributed by atoms with Gasteiger partial charge in [-0.1, -0.05) is 18.2 Å². The Labute approximate surface area is 129 Å². The van der Waals surface area contributed by atoms with Gasteiger partial charge in [-0.25, -0.2) is 13.6 Å². The molecule has 0 amide bonds. The fourth-order valence-electron chi connectivity index (χ4n) is 2.00. The highest BCUT2D eigenvalue weighted by Gasteiger charge is 2.21. The standard InChI is InChI=1S/C15H18N2O4S/c1-2-17-13-8-11(10-18)9-14(22(16,19)20)15(13)21-12-6-4-3-5-7-12/h3-9,17-18H,2,10H2,1H3,(H2,16,19,20). The van der Waals surface area contributed by atoms with Gasteiger partial charge in [0.2, 0.25) is 10.0 Å². The predicted octanol–water partition coefficient (Wildman–Crippen LogP) is 2.05. The van der Waals surface area contributed by atoms with Crippen molar-refractivity contribution in [2.75, 3.05) is 11.9 Å². The lowest BCUT2D eigenvalue weighted by Gasteiger charge is -2.17. The molecule has 0 saturated carbocycles. The molecule has 0 aliphatic rings. The maximum absolute atomic E-state index is 11.9. The lowest BCUT2D eigenvalue weighted by molar-refractivity contribution is 0.281. The molecule has 4 N–H and O–H groups in total. The Hall–Kier alpha value is -2.09. The monoisotopic (exact) mass is 322 g/mol. The minimum Gasteiger partial charge on any atom is -0.454 e. The highest BCUT2D eigenvalue weighted by atomic mass is 32.2. The molecule has 0 unspecified atom stereocenters. The normalized spacial score (nSPS) is 11.2. The molecule has 0 bridgehead atoms. The molecule has 0 aliphatic heterocycles. The van der Waals surface area contributed by atoms with Crippen LogP contribution in [0.15, 0.2) is 47.4 Å². The van der Waals surface area contributed by atoms with Gasteiger partial charge in [0.1, 0.15) is 10.6 Å². The number of benzene rings is 2. The van der Waals surface area contributed by atoms with Gasteiger partial charge in [0.05, 0.1) is 12.3 Å². The molecule has 22 heavy (non-hydrogen) atoms. The average Bonchev–Trinajstić information content (AvgIpc) is 2.49. The van der Waals surface area contributed by atoms with Crippen LogP contribution in [0.1, 0.15) is 12.5 Å². The van der Waals surface area contributed by atoms with E-state index in [2.05, 4.69) is 5.32 Å². The molecule has 0 atom stereocenters. The number of primary sulfonamides is 1. The van der Waals surface area contributed by atoms with Crippen LogP contribution in [0.5, 0.6) is 11.5 Å². The smallest absolute Gasteiger partial charge is 0.241 e. The first-order valence-corrected chi connectivity index (χ1v) is 8.27. The third kappa shape index (κ3) is 3.76. The van der Waals surface area contributed by atoms with Gasteiger partial charge in [0, 0.05) is 6.54 Å². The van der Waals surface area contributed by atoms with Crippen molar-refractivity contribution in [3.63, 3.8) is 0 Å². The quantitative estimate of drug-likeness (QED) is 0.755. The zero-order valence-corrected chi connectivity index (χ0v) is 12.9. The van der Waals surface area contributed by atoms with Crippen molar-refractivity contribution in [2.45, 2.75) is 18.4 Å². The van der Waals surface area contributed by atoms with Crippen molar-refractivity contribution in [2.24, 2.45) is 5.14 Å². The highest BCUT2D eigenvalue weighted by molar-refractivity contribution is 7.89. The summed E-state index contributed by atoms with van der Waals surface area (Å²) in [6.07, 6.45) is 0. The molecule has 0 fully saturated rings. The van der Waals surface area contributed by atoms with E-state index in [9.17, 15) is 13.5 Å². The Kier molecular flexibility index (Phi) is 5.02. The number of sulfonamides is 1. The molecule has 0 saturated heterocycles. The fraction of sp³-hybridized carbons (Fsp3) is 0.200. The number of aliphatic hydroxyl groups is 1. The Morgan fingerprint density at radius 2 is 1.91 bits per heavy atom. The Balaban J connectivity index is 2.61. The summed E-state index contributed by atoms with van der Waals surface area (Å²) in [5.74, 6) is 0.607. The van der Waals surface area contributed by atoms with Crippen LogP contribution in [-0.4, -0.2) is 20.1 Å².